The maximum absolute atomic E-state index is 3.77. The monoisotopic (exact) mass is 152 g/mol. The van der Waals surface area contributed by atoms with E-state index in [2.05, 4.69) is 33.4 Å². The van der Waals surface area contributed by atoms with Crippen molar-refractivity contribution in [2.45, 2.75) is 40.0 Å². The lowest BCUT2D eigenvalue weighted by Gasteiger charge is -2.07. The van der Waals surface area contributed by atoms with Crippen LogP contribution in [-0.4, -0.2) is 0 Å². The standard InChI is InChI=1S/C11H20/c1-5-10(4)8-9-11(6-2)7-3/h6-7,10H,2,5,8-9H2,1,3-4H3/b11-7+. The van der Waals surface area contributed by atoms with Gasteiger partial charge in [-0.05, 0) is 25.7 Å². The van der Waals surface area contributed by atoms with Crippen molar-refractivity contribution in [3.05, 3.63) is 24.3 Å². The average Bonchev–Trinajstić information content (AvgIpc) is 2.06. The third-order valence-electron chi connectivity index (χ3n) is 2.26. The van der Waals surface area contributed by atoms with E-state index in [1.54, 1.807) is 0 Å². The Balaban J connectivity index is 3.59. The lowest BCUT2D eigenvalue weighted by molar-refractivity contribution is 0.517. The van der Waals surface area contributed by atoms with Crippen molar-refractivity contribution < 1.29 is 0 Å². The highest BCUT2D eigenvalue weighted by Crippen LogP contribution is 2.14. The molecule has 0 nitrogen and oxygen atoms in total. The average molecular weight is 152 g/mol. The van der Waals surface area contributed by atoms with Gasteiger partial charge in [0, 0.05) is 0 Å². The molecule has 11 heavy (non-hydrogen) atoms. The molecule has 1 unspecified atom stereocenters. The Hall–Kier alpha value is -0.520. The van der Waals surface area contributed by atoms with Gasteiger partial charge in [-0.3, -0.25) is 0 Å². The van der Waals surface area contributed by atoms with Crippen LogP contribution >= 0.6 is 0 Å². The first-order chi connectivity index (χ1) is 5.24. The molecule has 0 saturated heterocycles. The summed E-state index contributed by atoms with van der Waals surface area (Å²) >= 11 is 0. The van der Waals surface area contributed by atoms with E-state index in [0.29, 0.717) is 0 Å². The summed E-state index contributed by atoms with van der Waals surface area (Å²) in [7, 11) is 0. The van der Waals surface area contributed by atoms with Gasteiger partial charge in [-0.25, -0.2) is 0 Å². The van der Waals surface area contributed by atoms with Crippen LogP contribution in [0.2, 0.25) is 0 Å². The fraction of sp³-hybridized carbons (Fsp3) is 0.636. The molecule has 0 aromatic carbocycles. The molecule has 0 bridgehead atoms. The van der Waals surface area contributed by atoms with Gasteiger partial charge in [0.2, 0.25) is 0 Å². The number of hydrogen-bond donors (Lipinski definition) is 0. The minimum Gasteiger partial charge on any atom is -0.0988 e. The Morgan fingerprint density at radius 1 is 1.55 bits per heavy atom. The smallest absolute Gasteiger partial charge is 0.0280 e. The summed E-state index contributed by atoms with van der Waals surface area (Å²) in [5.74, 6) is 0.852. The van der Waals surface area contributed by atoms with Gasteiger partial charge in [0.25, 0.3) is 0 Å². The zero-order valence-electron chi connectivity index (χ0n) is 8.06. The van der Waals surface area contributed by atoms with Gasteiger partial charge in [-0.15, -0.1) is 0 Å². The molecule has 0 amide bonds. The van der Waals surface area contributed by atoms with Gasteiger partial charge in [0.15, 0.2) is 0 Å². The van der Waals surface area contributed by atoms with E-state index in [1.165, 1.54) is 24.8 Å². The Morgan fingerprint density at radius 2 is 2.18 bits per heavy atom. The fourth-order valence-corrected chi connectivity index (χ4v) is 0.981. The van der Waals surface area contributed by atoms with E-state index < -0.39 is 0 Å². The summed E-state index contributed by atoms with van der Waals surface area (Å²) in [5, 5.41) is 0. The van der Waals surface area contributed by atoms with E-state index in [9.17, 15) is 0 Å². The molecule has 1 atom stereocenters. The summed E-state index contributed by atoms with van der Waals surface area (Å²) in [4.78, 5) is 0. The lowest BCUT2D eigenvalue weighted by Crippen LogP contribution is -1.92. The molecular weight excluding hydrogens is 132 g/mol. The van der Waals surface area contributed by atoms with E-state index in [-0.39, 0.29) is 0 Å². The molecule has 0 fully saturated rings. The van der Waals surface area contributed by atoms with Crippen molar-refractivity contribution >= 4 is 0 Å². The van der Waals surface area contributed by atoms with Crippen LogP contribution in [0.25, 0.3) is 0 Å². The zero-order valence-corrected chi connectivity index (χ0v) is 8.06. The summed E-state index contributed by atoms with van der Waals surface area (Å²) in [6.45, 7) is 10.4. The van der Waals surface area contributed by atoms with Crippen LogP contribution in [0, 0.1) is 5.92 Å². The minimum atomic E-state index is 0.852. The molecule has 0 aromatic rings. The zero-order chi connectivity index (χ0) is 8.69. The first-order valence-electron chi connectivity index (χ1n) is 4.52. The van der Waals surface area contributed by atoms with E-state index in [1.807, 2.05) is 6.08 Å². The normalized spacial score (nSPS) is 14.6. The summed E-state index contributed by atoms with van der Waals surface area (Å²) in [6.07, 6.45) is 7.88. The van der Waals surface area contributed by atoms with Gasteiger partial charge < -0.3 is 0 Å². The molecule has 0 rings (SSSR count). The number of hydrogen-bond acceptors (Lipinski definition) is 0. The van der Waals surface area contributed by atoms with Crippen LogP contribution in [0.4, 0.5) is 0 Å². The Bertz CT molecular complexity index is 131. The molecule has 0 saturated carbocycles. The molecule has 0 aromatic heterocycles. The maximum Gasteiger partial charge on any atom is -0.0280 e. The summed E-state index contributed by atoms with van der Waals surface area (Å²) in [6, 6.07) is 0. The van der Waals surface area contributed by atoms with Crippen molar-refractivity contribution in [3.63, 3.8) is 0 Å². The quantitative estimate of drug-likeness (QED) is 0.523. The predicted octanol–water partition coefficient (Wildman–Crippen LogP) is 3.95. The predicted molar refractivity (Wildman–Crippen MR) is 52.6 cm³/mol. The Labute approximate surface area is 71.0 Å². The number of rotatable bonds is 5. The van der Waals surface area contributed by atoms with Gasteiger partial charge in [-0.2, -0.15) is 0 Å². The second-order valence-electron chi connectivity index (χ2n) is 3.12. The third-order valence-corrected chi connectivity index (χ3v) is 2.26. The highest BCUT2D eigenvalue weighted by atomic mass is 14.0. The van der Waals surface area contributed by atoms with Crippen LogP contribution in [0.1, 0.15) is 40.0 Å². The van der Waals surface area contributed by atoms with Crippen LogP contribution in [0.3, 0.4) is 0 Å². The van der Waals surface area contributed by atoms with E-state index in [0.717, 1.165) is 5.92 Å². The SMILES string of the molecule is C=C/C(=C\C)CCC(C)CC. The van der Waals surface area contributed by atoms with Crippen LogP contribution in [0.15, 0.2) is 24.3 Å². The molecule has 0 spiro atoms. The molecule has 0 heterocycles. The second kappa shape index (κ2) is 6.21. The van der Waals surface area contributed by atoms with Crippen molar-refractivity contribution in [2.75, 3.05) is 0 Å². The van der Waals surface area contributed by atoms with E-state index in [4.69, 9.17) is 0 Å². The van der Waals surface area contributed by atoms with Gasteiger partial charge >= 0.3 is 0 Å². The second-order valence-corrected chi connectivity index (χ2v) is 3.12. The molecule has 0 radical (unpaired) electrons. The summed E-state index contributed by atoms with van der Waals surface area (Å²) < 4.78 is 0. The Kier molecular flexibility index (Phi) is 5.91. The van der Waals surface area contributed by atoms with Gasteiger partial charge in [-0.1, -0.05) is 44.6 Å². The molecule has 0 aliphatic rings. The maximum atomic E-state index is 3.77. The van der Waals surface area contributed by atoms with Crippen molar-refractivity contribution in [1.82, 2.24) is 0 Å². The summed E-state index contributed by atoms with van der Waals surface area (Å²) in [5.41, 5.74) is 1.38. The first kappa shape index (κ1) is 10.5. The van der Waals surface area contributed by atoms with E-state index >= 15 is 0 Å². The highest BCUT2D eigenvalue weighted by Gasteiger charge is 1.98. The van der Waals surface area contributed by atoms with Gasteiger partial charge in [0.1, 0.15) is 0 Å². The molecule has 0 heteroatoms. The molecule has 64 valence electrons. The lowest BCUT2D eigenvalue weighted by atomic mass is 9.99. The van der Waals surface area contributed by atoms with Crippen molar-refractivity contribution in [2.24, 2.45) is 5.92 Å². The van der Waals surface area contributed by atoms with Gasteiger partial charge in [0.05, 0.1) is 0 Å². The Morgan fingerprint density at radius 3 is 2.55 bits per heavy atom. The molecule has 0 aliphatic carbocycles. The topological polar surface area (TPSA) is 0 Å². The molecule has 0 aliphatic heterocycles. The third kappa shape index (κ3) is 4.83. The van der Waals surface area contributed by atoms with Crippen molar-refractivity contribution in [3.8, 4) is 0 Å². The fourth-order valence-electron chi connectivity index (χ4n) is 0.981. The molecule has 0 N–H and O–H groups in total. The highest BCUT2D eigenvalue weighted by molar-refractivity contribution is 5.14. The minimum absolute atomic E-state index is 0.852. The molecular formula is C11H20. The van der Waals surface area contributed by atoms with Crippen LogP contribution in [-0.2, 0) is 0 Å². The van der Waals surface area contributed by atoms with Crippen LogP contribution < -0.4 is 0 Å². The number of allylic oxidation sites excluding steroid dienone is 3. The largest absolute Gasteiger partial charge is 0.0988 e. The first-order valence-corrected chi connectivity index (χ1v) is 4.52. The van der Waals surface area contributed by atoms with Crippen molar-refractivity contribution in [1.29, 1.82) is 0 Å². The van der Waals surface area contributed by atoms with Crippen LogP contribution in [0.5, 0.6) is 0 Å².